The molecular formula is C35H36FN7O3. The number of halogens is 1. The van der Waals surface area contributed by atoms with E-state index in [2.05, 4.69) is 42.8 Å². The molecule has 2 aromatic heterocycles. The Labute approximate surface area is 266 Å². The number of anilines is 2. The molecule has 0 unspecified atom stereocenters. The lowest BCUT2D eigenvalue weighted by molar-refractivity contribution is -0.131. The molecule has 0 radical (unpaired) electrons. The fourth-order valence-corrected chi connectivity index (χ4v) is 7.30. The number of carbonyl (C=O) groups is 2. The van der Waals surface area contributed by atoms with Gasteiger partial charge in [0.15, 0.2) is 5.67 Å². The van der Waals surface area contributed by atoms with Crippen LogP contribution < -0.4 is 15.5 Å². The Kier molecular flexibility index (Phi) is 6.89. The second-order valence-corrected chi connectivity index (χ2v) is 13.1. The largest absolute Gasteiger partial charge is 0.374 e. The highest BCUT2D eigenvalue weighted by molar-refractivity contribution is 6.00. The van der Waals surface area contributed by atoms with Crippen molar-refractivity contribution in [2.75, 3.05) is 23.4 Å². The fraction of sp³-hybridized carbons (Fsp3) is 0.400. The van der Waals surface area contributed by atoms with Crippen molar-refractivity contribution in [3.05, 3.63) is 77.2 Å². The van der Waals surface area contributed by atoms with E-state index in [1.807, 2.05) is 50.2 Å². The zero-order valence-corrected chi connectivity index (χ0v) is 25.8. The molecule has 1 saturated carbocycles. The van der Waals surface area contributed by atoms with E-state index in [0.29, 0.717) is 30.7 Å². The van der Waals surface area contributed by atoms with E-state index < -0.39 is 17.6 Å². The first-order valence-corrected chi connectivity index (χ1v) is 16.0. The number of aromatic nitrogens is 4. The third-order valence-corrected chi connectivity index (χ3v) is 10.0. The SMILES string of the molecule is Cc1n[nH]c(C)c1-c1ccc(NC(=O)[C@@H](NC(=O)C2(F)CC2)[C@@H]2CCc3ccc(-c4ccnc(N5C[C@H]6C[C@@H]5CO6)n4)cc32)cc1. The predicted molar refractivity (Wildman–Crippen MR) is 171 cm³/mol. The lowest BCUT2D eigenvalue weighted by Crippen LogP contribution is -2.50. The molecule has 4 aromatic rings. The van der Waals surface area contributed by atoms with Crippen molar-refractivity contribution in [1.82, 2.24) is 25.5 Å². The number of nitrogens with one attached hydrogen (secondary N) is 3. The van der Waals surface area contributed by atoms with Crippen LogP contribution in [0.5, 0.6) is 0 Å². The Bertz CT molecular complexity index is 1820. The van der Waals surface area contributed by atoms with Crippen LogP contribution in [0.1, 0.15) is 54.1 Å². The molecule has 2 aliphatic carbocycles. The summed E-state index contributed by atoms with van der Waals surface area (Å²) in [6, 6.07) is 15.0. The number of fused-ring (bicyclic) bond motifs is 3. The number of nitrogens with zero attached hydrogens (tertiary/aromatic N) is 4. The van der Waals surface area contributed by atoms with E-state index in [4.69, 9.17) is 9.72 Å². The molecule has 3 N–H and O–H groups in total. The molecule has 4 atom stereocenters. The molecule has 2 aromatic carbocycles. The van der Waals surface area contributed by atoms with Crippen molar-refractivity contribution in [1.29, 1.82) is 0 Å². The molecule has 46 heavy (non-hydrogen) atoms. The van der Waals surface area contributed by atoms with Crippen LogP contribution in [0.2, 0.25) is 0 Å². The third-order valence-electron chi connectivity index (χ3n) is 10.0. The van der Waals surface area contributed by atoms with Crippen LogP contribution in [0.25, 0.3) is 22.4 Å². The first-order valence-electron chi connectivity index (χ1n) is 16.0. The van der Waals surface area contributed by atoms with Crippen molar-refractivity contribution in [3.8, 4) is 22.4 Å². The molecular weight excluding hydrogens is 585 g/mol. The molecule has 4 heterocycles. The van der Waals surface area contributed by atoms with E-state index in [1.165, 1.54) is 0 Å². The molecule has 11 heteroatoms. The van der Waals surface area contributed by atoms with Crippen molar-refractivity contribution >= 4 is 23.5 Å². The number of aromatic amines is 1. The van der Waals surface area contributed by atoms with Gasteiger partial charge in [0.1, 0.15) is 6.04 Å². The first kappa shape index (κ1) is 28.8. The lowest BCUT2D eigenvalue weighted by Gasteiger charge is -2.27. The number of morpholine rings is 1. The average molecular weight is 622 g/mol. The summed E-state index contributed by atoms with van der Waals surface area (Å²) in [5.41, 5.74) is 6.33. The molecule has 2 aliphatic heterocycles. The second-order valence-electron chi connectivity index (χ2n) is 13.1. The predicted octanol–water partition coefficient (Wildman–Crippen LogP) is 4.78. The highest BCUT2D eigenvalue weighted by Gasteiger charge is 2.52. The van der Waals surface area contributed by atoms with Crippen LogP contribution in [-0.2, 0) is 20.7 Å². The van der Waals surface area contributed by atoms with Crippen molar-refractivity contribution in [2.45, 2.75) is 75.7 Å². The van der Waals surface area contributed by atoms with Gasteiger partial charge in [-0.15, -0.1) is 0 Å². The molecule has 2 amide bonds. The molecule has 4 aliphatic rings. The van der Waals surface area contributed by atoms with Crippen LogP contribution in [0.4, 0.5) is 16.0 Å². The molecule has 0 spiro atoms. The summed E-state index contributed by atoms with van der Waals surface area (Å²) in [6.07, 6.45) is 4.77. The van der Waals surface area contributed by atoms with Gasteiger partial charge in [0.05, 0.1) is 30.1 Å². The highest BCUT2D eigenvalue weighted by Crippen LogP contribution is 2.42. The summed E-state index contributed by atoms with van der Waals surface area (Å²) < 4.78 is 20.7. The number of hydrogen-bond acceptors (Lipinski definition) is 7. The number of carbonyl (C=O) groups excluding carboxylic acids is 2. The van der Waals surface area contributed by atoms with Crippen LogP contribution in [0, 0.1) is 13.8 Å². The van der Waals surface area contributed by atoms with Gasteiger partial charge < -0.3 is 20.3 Å². The molecule has 3 fully saturated rings. The van der Waals surface area contributed by atoms with Gasteiger partial charge in [-0.1, -0.05) is 24.3 Å². The van der Waals surface area contributed by atoms with E-state index in [9.17, 15) is 14.0 Å². The maximum absolute atomic E-state index is 14.9. The summed E-state index contributed by atoms with van der Waals surface area (Å²) in [7, 11) is 0. The number of amides is 2. The second kappa shape index (κ2) is 11.0. The van der Waals surface area contributed by atoms with Crippen molar-refractivity contribution in [3.63, 3.8) is 0 Å². The summed E-state index contributed by atoms with van der Waals surface area (Å²) in [5.74, 6) is -0.732. The minimum atomic E-state index is -1.90. The Morgan fingerprint density at radius 1 is 1.11 bits per heavy atom. The van der Waals surface area contributed by atoms with E-state index in [1.54, 1.807) is 6.20 Å². The standard InChI is InChI=1S/C35H36FN7O3/c1-19-30(20(2)42-41-19)22-5-8-24(9-6-22)38-32(44)31(40-33(45)35(36)12-13-35)27-10-7-21-3-4-23(15-28(21)27)29-11-14-37-34(39-29)43-17-26-16-25(43)18-46-26/h3-6,8-9,11,14-15,25-27,31H,7,10,12-13,16-18H2,1-2H3,(H,38,44)(H,40,45)(H,41,42)/t25-,26-,27-,31+/m1/s1. The monoisotopic (exact) mass is 621 g/mol. The molecule has 236 valence electrons. The normalized spacial score (nSPS) is 22.8. The fourth-order valence-electron chi connectivity index (χ4n) is 7.30. The third kappa shape index (κ3) is 5.12. The zero-order chi connectivity index (χ0) is 31.6. The summed E-state index contributed by atoms with van der Waals surface area (Å²) >= 11 is 0. The van der Waals surface area contributed by atoms with Gasteiger partial charge in [0.25, 0.3) is 5.91 Å². The van der Waals surface area contributed by atoms with E-state index in [-0.39, 0.29) is 30.8 Å². The first-order chi connectivity index (χ1) is 22.3. The number of rotatable bonds is 8. The number of benzene rings is 2. The number of ether oxygens (including phenoxy) is 1. The Balaban J connectivity index is 1.06. The number of aryl methyl sites for hydroxylation is 3. The minimum Gasteiger partial charge on any atom is -0.374 e. The molecule has 8 rings (SSSR count). The van der Waals surface area contributed by atoms with Crippen LogP contribution >= 0.6 is 0 Å². The van der Waals surface area contributed by atoms with Crippen molar-refractivity contribution < 1.29 is 18.7 Å². The smallest absolute Gasteiger partial charge is 0.258 e. The molecule has 2 saturated heterocycles. The maximum atomic E-state index is 14.9. The van der Waals surface area contributed by atoms with Crippen LogP contribution in [0.15, 0.2) is 54.7 Å². The Morgan fingerprint density at radius 2 is 1.91 bits per heavy atom. The van der Waals surface area contributed by atoms with Gasteiger partial charge >= 0.3 is 0 Å². The van der Waals surface area contributed by atoms with Gasteiger partial charge in [-0.25, -0.2) is 14.4 Å². The van der Waals surface area contributed by atoms with E-state index in [0.717, 1.165) is 64.3 Å². The number of alkyl halides is 1. The van der Waals surface area contributed by atoms with Crippen LogP contribution in [0.3, 0.4) is 0 Å². The highest BCUT2D eigenvalue weighted by atomic mass is 19.1. The minimum absolute atomic E-state index is 0.174. The zero-order valence-electron chi connectivity index (χ0n) is 25.8. The molecule has 2 bridgehead atoms. The number of hydrogen-bond donors (Lipinski definition) is 3. The number of H-pyrrole nitrogens is 1. The average Bonchev–Trinajstić information content (AvgIpc) is 3.47. The Morgan fingerprint density at radius 3 is 2.61 bits per heavy atom. The quantitative estimate of drug-likeness (QED) is 0.259. The van der Waals surface area contributed by atoms with Gasteiger partial charge in [-0.3, -0.25) is 14.7 Å². The van der Waals surface area contributed by atoms with Gasteiger partial charge in [0.2, 0.25) is 11.9 Å². The van der Waals surface area contributed by atoms with E-state index >= 15 is 0 Å². The summed E-state index contributed by atoms with van der Waals surface area (Å²) in [6.45, 7) is 5.40. The maximum Gasteiger partial charge on any atom is 0.258 e. The van der Waals surface area contributed by atoms with Gasteiger partial charge in [-0.05, 0) is 86.9 Å². The van der Waals surface area contributed by atoms with Gasteiger partial charge in [-0.2, -0.15) is 5.10 Å². The molecule has 10 nitrogen and oxygen atoms in total. The van der Waals surface area contributed by atoms with Crippen molar-refractivity contribution in [2.24, 2.45) is 0 Å². The topological polar surface area (TPSA) is 125 Å². The summed E-state index contributed by atoms with van der Waals surface area (Å²) in [4.78, 5) is 38.6. The van der Waals surface area contributed by atoms with Crippen LogP contribution in [-0.4, -0.2) is 69.0 Å². The van der Waals surface area contributed by atoms with Gasteiger partial charge in [0, 0.05) is 41.2 Å². The summed E-state index contributed by atoms with van der Waals surface area (Å²) in [5, 5.41) is 13.1. The Hall–Kier alpha value is -4.64. The lowest BCUT2D eigenvalue weighted by atomic mass is 9.90.